The minimum atomic E-state index is -0.991. The van der Waals surface area contributed by atoms with Crippen molar-refractivity contribution in [2.45, 2.75) is 6.92 Å². The second kappa shape index (κ2) is 5.41. The fraction of sp³-hybridized carbons (Fsp3) is 0.400. The van der Waals surface area contributed by atoms with Crippen LogP contribution in [0.5, 0.6) is 0 Å². The average Bonchev–Trinajstić information content (AvgIpc) is 2.71. The van der Waals surface area contributed by atoms with Crippen molar-refractivity contribution >= 4 is 22.9 Å². The van der Waals surface area contributed by atoms with Crippen LogP contribution in [0.4, 0.5) is 5.82 Å². The molecule has 0 aliphatic rings. The number of hydrogen-bond donors (Lipinski definition) is 2. The largest absolute Gasteiger partial charge is 0.480 e. The summed E-state index contributed by atoms with van der Waals surface area (Å²) in [5.74, 6) is -0.396. The number of aliphatic carboxylic acids is 1. The minimum absolute atomic E-state index is 0.266. The van der Waals surface area contributed by atoms with Gasteiger partial charge in [0.05, 0.1) is 12.3 Å². The quantitative estimate of drug-likeness (QED) is 0.712. The number of nitrogens with one attached hydrogen (secondary N) is 1. The Balaban J connectivity index is 1.95. The monoisotopic (exact) mass is 252 g/mol. The van der Waals surface area contributed by atoms with E-state index < -0.39 is 5.97 Å². The number of carbonyl (C=O) groups is 1. The summed E-state index contributed by atoms with van der Waals surface area (Å²) in [5, 5.41) is 15.9. The molecule has 0 saturated heterocycles. The van der Waals surface area contributed by atoms with Gasteiger partial charge in [-0.05, 0) is 6.92 Å². The zero-order valence-electron chi connectivity index (χ0n) is 9.71. The first-order valence-corrected chi connectivity index (χ1v) is 5.29. The maximum atomic E-state index is 10.2. The SMILES string of the molecule is Cc1noc2ncnc(NCCOCC(=O)O)c12. The van der Waals surface area contributed by atoms with E-state index in [1.807, 2.05) is 0 Å². The lowest BCUT2D eigenvalue weighted by atomic mass is 10.3. The Hall–Kier alpha value is -2.22. The molecule has 0 unspecified atom stereocenters. The minimum Gasteiger partial charge on any atom is -0.480 e. The topological polar surface area (TPSA) is 110 Å². The van der Waals surface area contributed by atoms with Crippen LogP contribution in [0.25, 0.3) is 11.1 Å². The van der Waals surface area contributed by atoms with E-state index in [0.29, 0.717) is 23.8 Å². The van der Waals surface area contributed by atoms with Crippen molar-refractivity contribution in [2.75, 3.05) is 25.1 Å². The van der Waals surface area contributed by atoms with E-state index in [-0.39, 0.29) is 13.2 Å². The van der Waals surface area contributed by atoms with Gasteiger partial charge in [-0.2, -0.15) is 4.98 Å². The van der Waals surface area contributed by atoms with Gasteiger partial charge >= 0.3 is 5.97 Å². The van der Waals surface area contributed by atoms with Crippen LogP contribution in [-0.4, -0.2) is 46.0 Å². The summed E-state index contributed by atoms with van der Waals surface area (Å²) in [4.78, 5) is 18.3. The van der Waals surface area contributed by atoms with Crippen LogP contribution in [0.1, 0.15) is 5.69 Å². The Morgan fingerprint density at radius 3 is 3.17 bits per heavy atom. The van der Waals surface area contributed by atoms with Crippen molar-refractivity contribution < 1.29 is 19.2 Å². The summed E-state index contributed by atoms with van der Waals surface area (Å²) in [6.45, 7) is 2.18. The first kappa shape index (κ1) is 12.2. The smallest absolute Gasteiger partial charge is 0.329 e. The number of nitrogens with zero attached hydrogens (tertiary/aromatic N) is 3. The van der Waals surface area contributed by atoms with Crippen LogP contribution in [0.3, 0.4) is 0 Å². The van der Waals surface area contributed by atoms with Crippen molar-refractivity contribution in [3.05, 3.63) is 12.0 Å². The van der Waals surface area contributed by atoms with Gasteiger partial charge in [-0.3, -0.25) is 0 Å². The third-order valence-electron chi connectivity index (χ3n) is 2.21. The van der Waals surface area contributed by atoms with Crippen LogP contribution in [0.15, 0.2) is 10.9 Å². The van der Waals surface area contributed by atoms with Crippen molar-refractivity contribution in [1.82, 2.24) is 15.1 Å². The number of ether oxygens (including phenoxy) is 1. The Morgan fingerprint density at radius 1 is 1.56 bits per heavy atom. The zero-order valence-corrected chi connectivity index (χ0v) is 9.71. The van der Waals surface area contributed by atoms with E-state index in [4.69, 9.17) is 14.4 Å². The third kappa shape index (κ3) is 2.72. The fourth-order valence-corrected chi connectivity index (χ4v) is 1.46. The van der Waals surface area contributed by atoms with Crippen LogP contribution < -0.4 is 5.32 Å². The molecule has 0 bridgehead atoms. The standard InChI is InChI=1S/C10H12N4O4/c1-6-8-9(11-2-3-17-4-7(15)16)12-5-13-10(8)18-14-6/h5H,2-4H2,1H3,(H,15,16)(H,11,12,13). The molecule has 2 aromatic heterocycles. The molecule has 0 spiro atoms. The number of rotatable bonds is 6. The number of hydrogen-bond acceptors (Lipinski definition) is 7. The number of carboxylic acids is 1. The molecule has 0 fully saturated rings. The highest BCUT2D eigenvalue weighted by atomic mass is 16.5. The van der Waals surface area contributed by atoms with Crippen LogP contribution in [-0.2, 0) is 9.53 Å². The highest BCUT2D eigenvalue weighted by Crippen LogP contribution is 2.21. The number of aromatic nitrogens is 3. The van der Waals surface area contributed by atoms with Gasteiger partial charge in [0, 0.05) is 6.54 Å². The van der Waals surface area contributed by atoms with E-state index in [1.54, 1.807) is 6.92 Å². The summed E-state index contributed by atoms with van der Waals surface area (Å²) in [6, 6.07) is 0. The molecule has 2 aromatic rings. The van der Waals surface area contributed by atoms with Gasteiger partial charge in [0.1, 0.15) is 24.1 Å². The predicted molar refractivity (Wildman–Crippen MR) is 61.3 cm³/mol. The second-order valence-electron chi connectivity index (χ2n) is 3.54. The Labute approximate surface area is 102 Å². The summed E-state index contributed by atoms with van der Waals surface area (Å²) in [6.07, 6.45) is 1.37. The lowest BCUT2D eigenvalue weighted by Gasteiger charge is -2.05. The molecule has 2 rings (SSSR count). The first-order valence-electron chi connectivity index (χ1n) is 5.29. The molecule has 2 N–H and O–H groups in total. The van der Waals surface area contributed by atoms with E-state index in [0.717, 1.165) is 5.39 Å². The van der Waals surface area contributed by atoms with Gasteiger partial charge in [0.2, 0.25) is 0 Å². The number of aryl methyl sites for hydroxylation is 1. The molecule has 96 valence electrons. The van der Waals surface area contributed by atoms with Crippen molar-refractivity contribution in [1.29, 1.82) is 0 Å². The second-order valence-corrected chi connectivity index (χ2v) is 3.54. The number of fused-ring (bicyclic) bond motifs is 1. The predicted octanol–water partition coefficient (Wildman–Crippen LogP) is 0.439. The van der Waals surface area contributed by atoms with Gasteiger partial charge < -0.3 is 19.7 Å². The Morgan fingerprint density at radius 2 is 2.39 bits per heavy atom. The highest BCUT2D eigenvalue weighted by Gasteiger charge is 2.11. The normalized spacial score (nSPS) is 10.7. The summed E-state index contributed by atoms with van der Waals surface area (Å²) in [7, 11) is 0. The first-order chi connectivity index (χ1) is 8.68. The van der Waals surface area contributed by atoms with E-state index in [2.05, 4.69) is 20.4 Å². The van der Waals surface area contributed by atoms with Crippen LogP contribution >= 0.6 is 0 Å². The third-order valence-corrected chi connectivity index (χ3v) is 2.21. The van der Waals surface area contributed by atoms with Gasteiger partial charge in [0.15, 0.2) is 0 Å². The summed E-state index contributed by atoms with van der Waals surface area (Å²) in [5.41, 5.74) is 1.11. The molecule has 2 heterocycles. The number of carboxylic acid groups (broad SMARTS) is 1. The van der Waals surface area contributed by atoms with Gasteiger partial charge in [-0.1, -0.05) is 5.16 Å². The van der Waals surface area contributed by atoms with Crippen molar-refractivity contribution in [2.24, 2.45) is 0 Å². The van der Waals surface area contributed by atoms with Gasteiger partial charge in [-0.25, -0.2) is 9.78 Å². The molecule has 0 aliphatic heterocycles. The molecular weight excluding hydrogens is 240 g/mol. The van der Waals surface area contributed by atoms with E-state index in [9.17, 15) is 4.79 Å². The highest BCUT2D eigenvalue weighted by molar-refractivity contribution is 5.87. The molecule has 0 saturated carbocycles. The van der Waals surface area contributed by atoms with Gasteiger partial charge in [0.25, 0.3) is 5.71 Å². The van der Waals surface area contributed by atoms with Crippen molar-refractivity contribution in [3.63, 3.8) is 0 Å². The summed E-state index contributed by atoms with van der Waals surface area (Å²) < 4.78 is 9.89. The molecule has 0 radical (unpaired) electrons. The Bertz CT molecular complexity index is 554. The van der Waals surface area contributed by atoms with Crippen LogP contribution in [0.2, 0.25) is 0 Å². The van der Waals surface area contributed by atoms with Crippen LogP contribution in [0, 0.1) is 6.92 Å². The van der Waals surface area contributed by atoms with E-state index >= 15 is 0 Å². The maximum Gasteiger partial charge on any atom is 0.329 e. The molecule has 18 heavy (non-hydrogen) atoms. The van der Waals surface area contributed by atoms with Crippen molar-refractivity contribution in [3.8, 4) is 0 Å². The molecule has 0 aromatic carbocycles. The Kier molecular flexibility index (Phi) is 3.68. The average molecular weight is 252 g/mol. The molecule has 0 atom stereocenters. The maximum absolute atomic E-state index is 10.2. The lowest BCUT2D eigenvalue weighted by molar-refractivity contribution is -0.142. The number of anilines is 1. The molecule has 8 nitrogen and oxygen atoms in total. The van der Waals surface area contributed by atoms with Gasteiger partial charge in [-0.15, -0.1) is 0 Å². The molecule has 8 heteroatoms. The zero-order chi connectivity index (χ0) is 13.0. The molecular formula is C10H12N4O4. The van der Waals surface area contributed by atoms with E-state index in [1.165, 1.54) is 6.33 Å². The lowest BCUT2D eigenvalue weighted by Crippen LogP contribution is -2.14. The fourth-order valence-electron chi connectivity index (χ4n) is 1.46. The summed E-state index contributed by atoms with van der Waals surface area (Å²) >= 11 is 0. The molecule has 0 amide bonds. The molecule has 0 aliphatic carbocycles.